The maximum Gasteiger partial charge on any atom is 0.414 e. The molecule has 0 atom stereocenters. The molecule has 2 aromatic carbocycles. The number of rotatable bonds is 5. The van der Waals surface area contributed by atoms with E-state index in [1.54, 1.807) is 35.2 Å². The van der Waals surface area contributed by atoms with Crippen molar-refractivity contribution in [1.82, 2.24) is 4.90 Å². The average molecular weight is 453 g/mol. The third-order valence-electron chi connectivity index (χ3n) is 5.68. The monoisotopic (exact) mass is 453 g/mol. The molecule has 0 bridgehead atoms. The topological polar surface area (TPSA) is 125 Å². The highest BCUT2D eigenvalue weighted by atomic mass is 16.6. The maximum absolute atomic E-state index is 12.8. The first kappa shape index (κ1) is 22.1. The Morgan fingerprint density at radius 3 is 2.45 bits per heavy atom. The molecule has 0 radical (unpaired) electrons. The number of nitro groups is 1. The lowest BCUT2D eigenvalue weighted by molar-refractivity contribution is -0.384. The van der Waals surface area contributed by atoms with Crippen molar-refractivity contribution in [1.29, 1.82) is 0 Å². The minimum Gasteiger partial charge on any atom is -0.447 e. The van der Waals surface area contributed by atoms with Crippen molar-refractivity contribution in [2.75, 3.05) is 54.4 Å². The van der Waals surface area contributed by atoms with Crippen molar-refractivity contribution in [2.45, 2.75) is 6.92 Å². The Morgan fingerprint density at radius 1 is 1.06 bits per heavy atom. The molecule has 0 aromatic heterocycles. The molecule has 0 aliphatic carbocycles. The molecule has 11 nitrogen and oxygen atoms in total. The summed E-state index contributed by atoms with van der Waals surface area (Å²) in [5.74, 6) is -0.533. The maximum atomic E-state index is 12.8. The lowest BCUT2D eigenvalue weighted by Gasteiger charge is -2.35. The van der Waals surface area contributed by atoms with Gasteiger partial charge in [-0.15, -0.1) is 0 Å². The third kappa shape index (κ3) is 4.71. The SMILES string of the molecule is CC(=O)N1CCN(c2ccc(C(=O)Nc3cccc(N4CCOC4=O)c3)cc2[N+](=O)[O-])CC1. The lowest BCUT2D eigenvalue weighted by atomic mass is 10.1. The normalized spacial score (nSPS) is 15.9. The molecule has 4 rings (SSSR count). The second kappa shape index (κ2) is 9.15. The van der Waals surface area contributed by atoms with Crippen LogP contribution in [-0.4, -0.2) is 67.1 Å². The number of carbonyl (C=O) groups is 3. The van der Waals surface area contributed by atoms with Gasteiger partial charge in [0.15, 0.2) is 0 Å². The van der Waals surface area contributed by atoms with E-state index in [1.165, 1.54) is 24.0 Å². The van der Waals surface area contributed by atoms with Gasteiger partial charge in [0.1, 0.15) is 12.3 Å². The number of amides is 3. The van der Waals surface area contributed by atoms with Gasteiger partial charge >= 0.3 is 6.09 Å². The van der Waals surface area contributed by atoms with Crippen LogP contribution >= 0.6 is 0 Å². The Morgan fingerprint density at radius 2 is 1.82 bits per heavy atom. The zero-order valence-corrected chi connectivity index (χ0v) is 18.0. The standard InChI is InChI=1S/C22H23N5O6/c1-15(28)24-7-9-25(10-8-24)19-6-5-16(13-20(19)27(31)32)21(29)23-17-3-2-4-18(14-17)26-11-12-33-22(26)30/h2-6,13-14H,7-12H2,1H3,(H,23,29). The molecule has 0 saturated carbocycles. The van der Waals surface area contributed by atoms with Gasteiger partial charge in [-0.25, -0.2) is 4.79 Å². The van der Waals surface area contributed by atoms with Crippen LogP contribution in [0.1, 0.15) is 17.3 Å². The number of nitro benzene ring substituents is 1. The number of ether oxygens (including phenoxy) is 1. The summed E-state index contributed by atoms with van der Waals surface area (Å²) in [5, 5.41) is 14.4. The zero-order valence-electron chi connectivity index (χ0n) is 18.0. The molecule has 11 heteroatoms. The second-order valence-electron chi connectivity index (χ2n) is 7.72. The van der Waals surface area contributed by atoms with Crippen LogP contribution in [-0.2, 0) is 9.53 Å². The quantitative estimate of drug-likeness (QED) is 0.544. The average Bonchev–Trinajstić information content (AvgIpc) is 3.24. The molecule has 172 valence electrons. The van der Waals surface area contributed by atoms with Gasteiger partial charge in [0, 0.05) is 56.1 Å². The molecule has 2 heterocycles. The summed E-state index contributed by atoms with van der Waals surface area (Å²) in [4.78, 5) is 52.3. The fourth-order valence-electron chi connectivity index (χ4n) is 3.92. The van der Waals surface area contributed by atoms with E-state index in [9.17, 15) is 24.5 Å². The summed E-state index contributed by atoms with van der Waals surface area (Å²) < 4.78 is 4.94. The van der Waals surface area contributed by atoms with E-state index in [1.807, 2.05) is 4.90 Å². The van der Waals surface area contributed by atoms with Gasteiger partial charge in [0.25, 0.3) is 11.6 Å². The van der Waals surface area contributed by atoms with Crippen LogP contribution in [0.25, 0.3) is 0 Å². The van der Waals surface area contributed by atoms with Gasteiger partial charge in [-0.3, -0.25) is 24.6 Å². The summed E-state index contributed by atoms with van der Waals surface area (Å²) in [6, 6.07) is 11.1. The summed E-state index contributed by atoms with van der Waals surface area (Å²) in [6.07, 6.45) is -0.450. The molecule has 33 heavy (non-hydrogen) atoms. The Balaban J connectivity index is 1.51. The Hall–Kier alpha value is -4.15. The fourth-order valence-corrected chi connectivity index (χ4v) is 3.92. The number of hydrogen-bond acceptors (Lipinski definition) is 7. The number of hydrogen-bond donors (Lipinski definition) is 1. The van der Waals surface area contributed by atoms with Crippen LogP contribution in [0.3, 0.4) is 0 Å². The minimum atomic E-state index is -0.511. The summed E-state index contributed by atoms with van der Waals surface area (Å²) >= 11 is 0. The summed E-state index contributed by atoms with van der Waals surface area (Å²) in [7, 11) is 0. The highest BCUT2D eigenvalue weighted by Crippen LogP contribution is 2.31. The van der Waals surface area contributed by atoms with Crippen molar-refractivity contribution in [3.63, 3.8) is 0 Å². The largest absolute Gasteiger partial charge is 0.447 e. The predicted octanol–water partition coefficient (Wildman–Crippen LogP) is 2.47. The molecule has 0 spiro atoms. The molecule has 2 aromatic rings. The van der Waals surface area contributed by atoms with Gasteiger partial charge in [0.2, 0.25) is 5.91 Å². The van der Waals surface area contributed by atoms with Gasteiger partial charge < -0.3 is 19.9 Å². The lowest BCUT2D eigenvalue weighted by Crippen LogP contribution is -2.48. The van der Waals surface area contributed by atoms with Crippen molar-refractivity contribution in [3.05, 3.63) is 58.1 Å². The fraction of sp³-hybridized carbons (Fsp3) is 0.318. The number of benzene rings is 2. The molecule has 0 unspecified atom stereocenters. The Bertz CT molecular complexity index is 1110. The highest BCUT2D eigenvalue weighted by Gasteiger charge is 2.26. The molecule has 2 saturated heterocycles. The molecule has 1 N–H and O–H groups in total. The molecule has 2 aliphatic heterocycles. The summed E-state index contributed by atoms with van der Waals surface area (Å²) in [6.45, 7) is 4.12. The Labute approximate surface area is 189 Å². The first-order valence-electron chi connectivity index (χ1n) is 10.5. The molecule has 2 aliphatic rings. The van der Waals surface area contributed by atoms with Gasteiger partial charge in [-0.05, 0) is 30.3 Å². The molecular weight excluding hydrogens is 430 g/mol. The molecule has 3 amide bonds. The van der Waals surface area contributed by atoms with E-state index in [0.29, 0.717) is 56.4 Å². The van der Waals surface area contributed by atoms with Crippen LogP contribution in [0, 0.1) is 10.1 Å². The zero-order chi connectivity index (χ0) is 23.5. The second-order valence-corrected chi connectivity index (χ2v) is 7.72. The van der Waals surface area contributed by atoms with E-state index in [-0.39, 0.29) is 17.2 Å². The smallest absolute Gasteiger partial charge is 0.414 e. The highest BCUT2D eigenvalue weighted by molar-refractivity contribution is 6.05. The van der Waals surface area contributed by atoms with Crippen LogP contribution in [0.2, 0.25) is 0 Å². The van der Waals surface area contributed by atoms with Crippen LogP contribution in [0.4, 0.5) is 27.5 Å². The number of nitrogens with one attached hydrogen (secondary N) is 1. The van der Waals surface area contributed by atoms with Crippen LogP contribution in [0.15, 0.2) is 42.5 Å². The van der Waals surface area contributed by atoms with Crippen molar-refractivity contribution < 1.29 is 24.0 Å². The first-order valence-corrected chi connectivity index (χ1v) is 10.5. The van der Waals surface area contributed by atoms with Gasteiger partial charge in [-0.2, -0.15) is 0 Å². The van der Waals surface area contributed by atoms with E-state index in [4.69, 9.17) is 4.74 Å². The van der Waals surface area contributed by atoms with E-state index in [0.717, 1.165) is 0 Å². The van der Waals surface area contributed by atoms with Crippen LogP contribution < -0.4 is 15.1 Å². The van der Waals surface area contributed by atoms with Gasteiger partial charge in [0.05, 0.1) is 11.5 Å². The van der Waals surface area contributed by atoms with Crippen LogP contribution in [0.5, 0.6) is 0 Å². The predicted molar refractivity (Wildman–Crippen MR) is 121 cm³/mol. The van der Waals surface area contributed by atoms with Crippen molar-refractivity contribution in [2.24, 2.45) is 0 Å². The van der Waals surface area contributed by atoms with E-state index in [2.05, 4.69) is 5.32 Å². The number of piperazine rings is 1. The third-order valence-corrected chi connectivity index (χ3v) is 5.68. The van der Waals surface area contributed by atoms with Crippen molar-refractivity contribution >= 4 is 40.7 Å². The molecule has 2 fully saturated rings. The minimum absolute atomic E-state index is 0.0261. The van der Waals surface area contributed by atoms with E-state index >= 15 is 0 Å². The Kier molecular flexibility index (Phi) is 6.11. The first-order chi connectivity index (χ1) is 15.8. The number of nitrogens with zero attached hydrogens (tertiary/aromatic N) is 4. The number of cyclic esters (lactones) is 1. The summed E-state index contributed by atoms with van der Waals surface area (Å²) in [5.41, 5.74) is 1.41. The van der Waals surface area contributed by atoms with Crippen molar-refractivity contribution in [3.8, 4) is 0 Å². The van der Waals surface area contributed by atoms with E-state index < -0.39 is 16.9 Å². The number of carbonyl (C=O) groups excluding carboxylic acids is 3. The van der Waals surface area contributed by atoms with Gasteiger partial charge in [-0.1, -0.05) is 6.07 Å². The number of anilines is 3. The molecular formula is C22H23N5O6.